The van der Waals surface area contributed by atoms with E-state index in [2.05, 4.69) is 14.9 Å². The van der Waals surface area contributed by atoms with Crippen molar-refractivity contribution in [3.8, 4) is 0 Å². The maximum Gasteiger partial charge on any atom is 0.409 e. The highest BCUT2D eigenvalue weighted by Gasteiger charge is 2.23. The monoisotopic (exact) mass is 302 g/mol. The summed E-state index contributed by atoms with van der Waals surface area (Å²) in [4.78, 5) is 23.5. The molecule has 22 heavy (non-hydrogen) atoms. The number of amides is 1. The molecule has 2 aromatic heterocycles. The average molecular weight is 302 g/mol. The van der Waals surface area contributed by atoms with E-state index in [4.69, 9.17) is 4.74 Å². The van der Waals surface area contributed by atoms with E-state index in [9.17, 15) is 4.79 Å². The lowest BCUT2D eigenvalue weighted by Gasteiger charge is -2.35. The minimum atomic E-state index is -0.199. The molecule has 1 N–H and O–H groups in total. The van der Waals surface area contributed by atoms with Gasteiger partial charge in [0.2, 0.25) is 0 Å². The molecule has 1 aliphatic rings. The molecule has 0 aromatic carbocycles. The van der Waals surface area contributed by atoms with Gasteiger partial charge in [0.05, 0.1) is 6.61 Å². The highest BCUT2D eigenvalue weighted by atomic mass is 16.6. The number of pyridine rings is 1. The summed E-state index contributed by atoms with van der Waals surface area (Å²) >= 11 is 0. The third-order valence-electron chi connectivity index (χ3n) is 3.86. The van der Waals surface area contributed by atoms with Crippen LogP contribution in [0.15, 0.2) is 24.5 Å². The number of anilines is 1. The number of H-pyrrole nitrogens is 1. The van der Waals surface area contributed by atoms with Crippen LogP contribution in [0.25, 0.3) is 11.0 Å². The van der Waals surface area contributed by atoms with E-state index in [0.29, 0.717) is 25.6 Å². The second kappa shape index (κ2) is 6.25. The maximum absolute atomic E-state index is 12.0. The molecule has 2 aromatic rings. The van der Waals surface area contributed by atoms with E-state index in [1.807, 2.05) is 38.4 Å². The summed E-state index contributed by atoms with van der Waals surface area (Å²) < 4.78 is 5.30. The Hall–Kier alpha value is -2.24. The first-order valence-corrected chi connectivity index (χ1v) is 7.74. The molecular formula is C16H22N4O2. The number of piperazine rings is 1. The minimum Gasteiger partial charge on any atom is -0.449 e. The molecule has 118 valence electrons. The zero-order valence-corrected chi connectivity index (χ0v) is 13.1. The van der Waals surface area contributed by atoms with E-state index in [0.717, 1.165) is 24.1 Å². The largest absolute Gasteiger partial charge is 0.449 e. The SMILES string of the molecule is CC(C)COC(=O)N1CCN(c2ccnc3[nH]ccc23)CC1. The highest BCUT2D eigenvalue weighted by molar-refractivity contribution is 5.89. The summed E-state index contributed by atoms with van der Waals surface area (Å²) in [5.41, 5.74) is 2.07. The van der Waals surface area contributed by atoms with Crippen molar-refractivity contribution < 1.29 is 9.53 Å². The summed E-state index contributed by atoms with van der Waals surface area (Å²) in [6.07, 6.45) is 3.52. The number of aromatic nitrogens is 2. The van der Waals surface area contributed by atoms with Gasteiger partial charge in [0, 0.05) is 49.6 Å². The first-order valence-electron chi connectivity index (χ1n) is 7.74. The molecule has 0 spiro atoms. The molecule has 6 heteroatoms. The van der Waals surface area contributed by atoms with Crippen LogP contribution in [0.2, 0.25) is 0 Å². The number of carbonyl (C=O) groups excluding carboxylic acids is 1. The highest BCUT2D eigenvalue weighted by Crippen LogP contribution is 2.25. The van der Waals surface area contributed by atoms with E-state index in [-0.39, 0.29) is 6.09 Å². The van der Waals surface area contributed by atoms with Gasteiger partial charge in [-0.3, -0.25) is 0 Å². The van der Waals surface area contributed by atoms with Gasteiger partial charge in [-0.15, -0.1) is 0 Å². The summed E-state index contributed by atoms with van der Waals surface area (Å²) in [6, 6.07) is 4.07. The molecule has 1 fully saturated rings. The van der Waals surface area contributed by atoms with Crippen molar-refractivity contribution in [1.82, 2.24) is 14.9 Å². The Morgan fingerprint density at radius 1 is 1.32 bits per heavy atom. The van der Waals surface area contributed by atoms with Gasteiger partial charge in [0.15, 0.2) is 0 Å². The maximum atomic E-state index is 12.0. The van der Waals surface area contributed by atoms with Crippen LogP contribution in [-0.4, -0.2) is 53.7 Å². The van der Waals surface area contributed by atoms with Gasteiger partial charge in [0.1, 0.15) is 5.65 Å². The number of rotatable bonds is 3. The third kappa shape index (κ3) is 3.00. The molecule has 1 saturated heterocycles. The Morgan fingerprint density at radius 3 is 2.82 bits per heavy atom. The van der Waals surface area contributed by atoms with E-state index >= 15 is 0 Å². The molecule has 3 rings (SSSR count). The summed E-state index contributed by atoms with van der Waals surface area (Å²) in [7, 11) is 0. The first-order chi connectivity index (χ1) is 10.6. The number of ether oxygens (including phenoxy) is 1. The zero-order chi connectivity index (χ0) is 15.5. The van der Waals surface area contributed by atoms with Crippen molar-refractivity contribution in [3.05, 3.63) is 24.5 Å². The predicted molar refractivity (Wildman–Crippen MR) is 86.1 cm³/mol. The lowest BCUT2D eigenvalue weighted by molar-refractivity contribution is 0.0902. The fourth-order valence-corrected chi connectivity index (χ4v) is 2.68. The minimum absolute atomic E-state index is 0.199. The van der Waals surface area contributed by atoms with Gasteiger partial charge in [0.25, 0.3) is 0 Å². The van der Waals surface area contributed by atoms with Crippen molar-refractivity contribution in [2.45, 2.75) is 13.8 Å². The Bertz CT molecular complexity index is 644. The van der Waals surface area contributed by atoms with Gasteiger partial charge in [-0.1, -0.05) is 13.8 Å². The van der Waals surface area contributed by atoms with Crippen LogP contribution < -0.4 is 4.90 Å². The zero-order valence-electron chi connectivity index (χ0n) is 13.1. The fraction of sp³-hybridized carbons (Fsp3) is 0.500. The molecule has 3 heterocycles. The van der Waals surface area contributed by atoms with Crippen LogP contribution in [0.5, 0.6) is 0 Å². The number of carbonyl (C=O) groups is 1. The lowest BCUT2D eigenvalue weighted by Crippen LogP contribution is -2.49. The van der Waals surface area contributed by atoms with Gasteiger partial charge >= 0.3 is 6.09 Å². The summed E-state index contributed by atoms with van der Waals surface area (Å²) in [5, 5.41) is 1.12. The second-order valence-electron chi connectivity index (χ2n) is 6.01. The Kier molecular flexibility index (Phi) is 4.18. The van der Waals surface area contributed by atoms with Crippen LogP contribution in [0.4, 0.5) is 10.5 Å². The van der Waals surface area contributed by atoms with Crippen LogP contribution in [0, 0.1) is 5.92 Å². The topological polar surface area (TPSA) is 61.5 Å². The quantitative estimate of drug-likeness (QED) is 0.946. The van der Waals surface area contributed by atoms with Crippen molar-refractivity contribution >= 4 is 22.8 Å². The number of nitrogens with one attached hydrogen (secondary N) is 1. The van der Waals surface area contributed by atoms with Crippen molar-refractivity contribution in [2.24, 2.45) is 5.92 Å². The number of hydrogen-bond acceptors (Lipinski definition) is 4. The smallest absolute Gasteiger partial charge is 0.409 e. The molecule has 0 saturated carbocycles. The molecule has 0 aliphatic carbocycles. The third-order valence-corrected chi connectivity index (χ3v) is 3.86. The summed E-state index contributed by atoms with van der Waals surface area (Å²) in [6.45, 7) is 7.54. The summed E-state index contributed by atoms with van der Waals surface area (Å²) in [5.74, 6) is 0.365. The first kappa shape index (κ1) is 14.7. The number of fused-ring (bicyclic) bond motifs is 1. The fourth-order valence-electron chi connectivity index (χ4n) is 2.68. The standard InChI is InChI=1S/C16H22N4O2/c1-12(2)11-22-16(21)20-9-7-19(8-10-20)14-4-6-18-15-13(14)3-5-17-15/h3-6,12H,7-11H2,1-2H3,(H,17,18). The number of hydrogen-bond donors (Lipinski definition) is 1. The molecule has 0 unspecified atom stereocenters. The van der Waals surface area contributed by atoms with Crippen LogP contribution in [0.3, 0.4) is 0 Å². The van der Waals surface area contributed by atoms with Gasteiger partial charge < -0.3 is 19.5 Å². The van der Waals surface area contributed by atoms with Crippen molar-refractivity contribution in [3.63, 3.8) is 0 Å². The van der Waals surface area contributed by atoms with Crippen LogP contribution >= 0.6 is 0 Å². The van der Waals surface area contributed by atoms with Gasteiger partial charge in [-0.05, 0) is 18.1 Å². The molecule has 0 atom stereocenters. The molecule has 0 radical (unpaired) electrons. The Morgan fingerprint density at radius 2 is 2.09 bits per heavy atom. The van der Waals surface area contributed by atoms with Gasteiger partial charge in [-0.25, -0.2) is 9.78 Å². The molecule has 0 bridgehead atoms. The van der Waals surface area contributed by atoms with Crippen LogP contribution in [-0.2, 0) is 4.74 Å². The van der Waals surface area contributed by atoms with E-state index < -0.39 is 0 Å². The Balaban J connectivity index is 1.62. The van der Waals surface area contributed by atoms with Crippen molar-refractivity contribution in [2.75, 3.05) is 37.7 Å². The average Bonchev–Trinajstić information content (AvgIpc) is 3.01. The molecular weight excluding hydrogens is 280 g/mol. The van der Waals surface area contributed by atoms with Crippen molar-refractivity contribution in [1.29, 1.82) is 0 Å². The lowest BCUT2D eigenvalue weighted by atomic mass is 10.2. The van der Waals surface area contributed by atoms with Crippen LogP contribution in [0.1, 0.15) is 13.8 Å². The molecule has 6 nitrogen and oxygen atoms in total. The van der Waals surface area contributed by atoms with Gasteiger partial charge in [-0.2, -0.15) is 0 Å². The Labute approximate surface area is 130 Å². The predicted octanol–water partition coefficient (Wildman–Crippen LogP) is 2.48. The second-order valence-corrected chi connectivity index (χ2v) is 6.01. The molecule has 1 aliphatic heterocycles. The number of aromatic amines is 1. The van der Waals surface area contributed by atoms with E-state index in [1.165, 1.54) is 5.69 Å². The normalized spacial score (nSPS) is 15.6. The van der Waals surface area contributed by atoms with E-state index in [1.54, 1.807) is 4.90 Å². The number of nitrogens with zero attached hydrogens (tertiary/aromatic N) is 3. The molecule has 1 amide bonds.